The largest absolute Gasteiger partial charge is 0.348 e. The molecule has 1 unspecified atom stereocenters. The highest BCUT2D eigenvalue weighted by atomic mass is 35.5. The predicted octanol–water partition coefficient (Wildman–Crippen LogP) is 3.39. The first kappa shape index (κ1) is 16.7. The molecule has 1 aliphatic carbocycles. The highest BCUT2D eigenvalue weighted by Crippen LogP contribution is 2.41. The molecular weight excluding hydrogens is 374 g/mol. The fourth-order valence-corrected chi connectivity index (χ4v) is 4.16. The summed E-state index contributed by atoms with van der Waals surface area (Å²) < 4.78 is 26.8. The standard InChI is InChI=1S/C18H17ClF2N6/c19-13-5-11(20)6-14-16(13)17(25-24-14)27-4-3-26(9-15(27)10-1-2-10)18-22-7-12(21)8-23-18/h5-8,10,15H,1-4,9H2,(H,24,25). The van der Waals surface area contributed by atoms with Crippen LogP contribution in [-0.4, -0.2) is 45.8 Å². The van der Waals surface area contributed by atoms with Crippen molar-refractivity contribution in [2.45, 2.75) is 18.9 Å². The van der Waals surface area contributed by atoms with Gasteiger partial charge in [-0.15, -0.1) is 0 Å². The summed E-state index contributed by atoms with van der Waals surface area (Å²) in [5, 5.41) is 8.44. The molecule has 1 aromatic carbocycles. The van der Waals surface area contributed by atoms with E-state index in [-0.39, 0.29) is 11.9 Å². The van der Waals surface area contributed by atoms with Gasteiger partial charge >= 0.3 is 0 Å². The second kappa shape index (κ2) is 6.30. The lowest BCUT2D eigenvalue weighted by Gasteiger charge is -2.42. The molecule has 2 fully saturated rings. The molecule has 0 amide bonds. The molecule has 27 heavy (non-hydrogen) atoms. The Hall–Kier alpha value is -2.48. The average molecular weight is 391 g/mol. The van der Waals surface area contributed by atoms with Gasteiger partial charge in [0.25, 0.3) is 0 Å². The molecule has 3 aromatic rings. The van der Waals surface area contributed by atoms with Crippen LogP contribution in [0.15, 0.2) is 24.5 Å². The molecule has 2 aliphatic rings. The zero-order chi connectivity index (χ0) is 18.5. The van der Waals surface area contributed by atoms with Gasteiger partial charge in [0.05, 0.1) is 34.4 Å². The number of benzene rings is 1. The molecule has 1 aliphatic heterocycles. The Balaban J connectivity index is 1.48. The number of aromatic amines is 1. The number of anilines is 2. The fraction of sp³-hybridized carbons (Fsp3) is 0.389. The van der Waals surface area contributed by atoms with E-state index >= 15 is 0 Å². The van der Waals surface area contributed by atoms with Crippen molar-refractivity contribution in [3.05, 3.63) is 41.2 Å². The van der Waals surface area contributed by atoms with Crippen LogP contribution in [0.1, 0.15) is 12.8 Å². The topological polar surface area (TPSA) is 60.9 Å². The second-order valence-corrected chi connectivity index (χ2v) is 7.51. The van der Waals surface area contributed by atoms with Gasteiger partial charge in [0.2, 0.25) is 5.95 Å². The van der Waals surface area contributed by atoms with Gasteiger partial charge in [-0.25, -0.2) is 18.7 Å². The van der Waals surface area contributed by atoms with Crippen LogP contribution in [-0.2, 0) is 0 Å². The van der Waals surface area contributed by atoms with Crippen LogP contribution in [0.5, 0.6) is 0 Å². The molecule has 0 spiro atoms. The quantitative estimate of drug-likeness (QED) is 0.742. The van der Waals surface area contributed by atoms with Crippen LogP contribution in [0.2, 0.25) is 5.02 Å². The molecule has 5 rings (SSSR count). The van der Waals surface area contributed by atoms with E-state index < -0.39 is 5.82 Å². The third kappa shape index (κ3) is 2.97. The minimum Gasteiger partial charge on any atom is -0.348 e. The molecule has 9 heteroatoms. The number of nitrogens with one attached hydrogen (secondary N) is 1. The number of fused-ring (bicyclic) bond motifs is 1. The van der Waals surface area contributed by atoms with Gasteiger partial charge < -0.3 is 9.80 Å². The smallest absolute Gasteiger partial charge is 0.225 e. The Bertz CT molecular complexity index is 987. The molecule has 1 N–H and O–H groups in total. The van der Waals surface area contributed by atoms with Crippen molar-refractivity contribution >= 4 is 34.3 Å². The third-order valence-electron chi connectivity index (χ3n) is 5.31. The van der Waals surface area contributed by atoms with E-state index in [4.69, 9.17) is 11.6 Å². The molecule has 140 valence electrons. The third-order valence-corrected chi connectivity index (χ3v) is 5.61. The summed E-state index contributed by atoms with van der Waals surface area (Å²) >= 11 is 6.32. The Morgan fingerprint density at radius 3 is 2.59 bits per heavy atom. The highest BCUT2D eigenvalue weighted by molar-refractivity contribution is 6.36. The van der Waals surface area contributed by atoms with E-state index in [0.717, 1.165) is 30.6 Å². The summed E-state index contributed by atoms with van der Waals surface area (Å²) in [7, 11) is 0. The predicted molar refractivity (Wildman–Crippen MR) is 99.1 cm³/mol. The van der Waals surface area contributed by atoms with Crippen LogP contribution in [0, 0.1) is 17.6 Å². The van der Waals surface area contributed by atoms with E-state index in [0.29, 0.717) is 35.5 Å². The van der Waals surface area contributed by atoms with Crippen molar-refractivity contribution < 1.29 is 8.78 Å². The van der Waals surface area contributed by atoms with Crippen molar-refractivity contribution in [1.82, 2.24) is 20.2 Å². The number of H-pyrrole nitrogens is 1. The van der Waals surface area contributed by atoms with Gasteiger partial charge in [0.15, 0.2) is 11.6 Å². The van der Waals surface area contributed by atoms with Gasteiger partial charge in [-0.3, -0.25) is 5.10 Å². The van der Waals surface area contributed by atoms with Crippen molar-refractivity contribution in [3.63, 3.8) is 0 Å². The van der Waals surface area contributed by atoms with E-state index in [1.54, 1.807) is 0 Å². The number of rotatable bonds is 3. The number of hydrogen-bond donors (Lipinski definition) is 1. The summed E-state index contributed by atoms with van der Waals surface area (Å²) in [6.45, 7) is 2.11. The average Bonchev–Trinajstić information content (AvgIpc) is 3.42. The van der Waals surface area contributed by atoms with Crippen LogP contribution in [0.4, 0.5) is 20.5 Å². The maximum absolute atomic E-state index is 13.6. The summed E-state index contributed by atoms with van der Waals surface area (Å²) in [5.74, 6) is 1.01. The molecule has 2 aromatic heterocycles. The summed E-state index contributed by atoms with van der Waals surface area (Å²) in [5.41, 5.74) is 0.592. The first-order chi connectivity index (χ1) is 13.1. The fourth-order valence-electron chi connectivity index (χ4n) is 3.87. The minimum absolute atomic E-state index is 0.222. The Morgan fingerprint density at radius 1 is 1.07 bits per heavy atom. The lowest BCUT2D eigenvalue weighted by atomic mass is 10.1. The van der Waals surface area contributed by atoms with Gasteiger partial charge in [-0.05, 0) is 30.9 Å². The normalized spacial score (nSPS) is 20.5. The molecule has 6 nitrogen and oxygen atoms in total. The zero-order valence-corrected chi connectivity index (χ0v) is 15.1. The van der Waals surface area contributed by atoms with Crippen molar-refractivity contribution in [1.29, 1.82) is 0 Å². The maximum Gasteiger partial charge on any atom is 0.225 e. The molecule has 0 radical (unpaired) electrons. The SMILES string of the molecule is Fc1cnc(N2CCN(c3n[nH]c4cc(F)cc(Cl)c34)C(C3CC3)C2)nc1. The summed E-state index contributed by atoms with van der Waals surface area (Å²) in [4.78, 5) is 12.6. The number of hydrogen-bond acceptors (Lipinski definition) is 5. The minimum atomic E-state index is -0.444. The molecule has 1 saturated heterocycles. The van der Waals surface area contributed by atoms with Crippen LogP contribution in [0.25, 0.3) is 10.9 Å². The van der Waals surface area contributed by atoms with Crippen molar-refractivity contribution in [3.8, 4) is 0 Å². The van der Waals surface area contributed by atoms with Crippen LogP contribution >= 0.6 is 11.6 Å². The Morgan fingerprint density at radius 2 is 1.85 bits per heavy atom. The van der Waals surface area contributed by atoms with Crippen LogP contribution in [0.3, 0.4) is 0 Å². The van der Waals surface area contributed by atoms with E-state index in [1.165, 1.54) is 24.5 Å². The first-order valence-electron chi connectivity index (χ1n) is 8.92. The second-order valence-electron chi connectivity index (χ2n) is 7.10. The van der Waals surface area contributed by atoms with Crippen molar-refractivity contribution in [2.24, 2.45) is 5.92 Å². The van der Waals surface area contributed by atoms with E-state index in [2.05, 4.69) is 30.0 Å². The van der Waals surface area contributed by atoms with Crippen LogP contribution < -0.4 is 9.80 Å². The number of nitrogens with zero attached hydrogens (tertiary/aromatic N) is 5. The summed E-state index contributed by atoms with van der Waals surface area (Å²) in [6, 6.07) is 2.95. The molecule has 1 saturated carbocycles. The Kier molecular flexibility index (Phi) is 3.89. The maximum atomic E-state index is 13.6. The molecule has 1 atom stereocenters. The van der Waals surface area contributed by atoms with Gasteiger partial charge in [0, 0.05) is 19.6 Å². The number of piperazine rings is 1. The van der Waals surface area contributed by atoms with E-state index in [1.807, 2.05) is 0 Å². The van der Waals surface area contributed by atoms with Gasteiger partial charge in [-0.1, -0.05) is 11.6 Å². The van der Waals surface area contributed by atoms with Gasteiger partial charge in [-0.2, -0.15) is 5.10 Å². The zero-order valence-electron chi connectivity index (χ0n) is 14.4. The monoisotopic (exact) mass is 390 g/mol. The van der Waals surface area contributed by atoms with Crippen molar-refractivity contribution in [2.75, 3.05) is 29.4 Å². The first-order valence-corrected chi connectivity index (χ1v) is 9.30. The Labute approximate surface area is 159 Å². The molecular formula is C18H17ClF2N6. The highest BCUT2D eigenvalue weighted by Gasteiger charge is 2.41. The summed E-state index contributed by atoms with van der Waals surface area (Å²) in [6.07, 6.45) is 4.70. The molecule has 3 heterocycles. The van der Waals surface area contributed by atoms with Gasteiger partial charge in [0.1, 0.15) is 5.82 Å². The number of aromatic nitrogens is 4. The molecule has 0 bridgehead atoms. The lowest BCUT2D eigenvalue weighted by molar-refractivity contribution is 0.470. The van der Waals surface area contributed by atoms with E-state index in [9.17, 15) is 8.78 Å². The lowest BCUT2D eigenvalue weighted by Crippen LogP contribution is -2.55. The number of halogens is 3.